The fourth-order valence-corrected chi connectivity index (χ4v) is 8.84. The van der Waals surface area contributed by atoms with Crippen LogP contribution in [0.4, 0.5) is 17.1 Å². The lowest BCUT2D eigenvalue weighted by Gasteiger charge is -2.27. The van der Waals surface area contributed by atoms with Gasteiger partial charge in [-0.15, -0.1) is 0 Å². The van der Waals surface area contributed by atoms with Gasteiger partial charge in [0.05, 0.1) is 11.0 Å². The molecule has 0 bridgehead atoms. The van der Waals surface area contributed by atoms with Crippen LogP contribution in [0, 0.1) is 0 Å². The van der Waals surface area contributed by atoms with Crippen molar-refractivity contribution in [2.45, 2.75) is 0 Å². The summed E-state index contributed by atoms with van der Waals surface area (Å²) < 4.78 is 2.40. The average Bonchev–Trinajstić information content (AvgIpc) is 3.64. The molecule has 0 aliphatic carbocycles. The van der Waals surface area contributed by atoms with Crippen LogP contribution in [-0.2, 0) is 0 Å². The molecule has 1 aromatic heterocycles. The molecule has 2 heteroatoms. The van der Waals surface area contributed by atoms with E-state index >= 15 is 0 Å². The lowest BCUT2D eigenvalue weighted by molar-refractivity contribution is 1.17. The summed E-state index contributed by atoms with van der Waals surface area (Å²) in [7, 11) is 0. The van der Waals surface area contributed by atoms with Crippen molar-refractivity contribution in [1.29, 1.82) is 0 Å². The Morgan fingerprint density at radius 3 is 1.59 bits per heavy atom. The van der Waals surface area contributed by atoms with E-state index in [2.05, 4.69) is 240 Å². The topological polar surface area (TPSA) is 8.17 Å². The predicted molar refractivity (Wildman–Crippen MR) is 247 cm³/mol. The summed E-state index contributed by atoms with van der Waals surface area (Å²) in [4.78, 5) is 2.40. The minimum atomic E-state index is 1.08. The molecule has 11 rings (SSSR count). The molecular weight excluding hydrogens is 701 g/mol. The Morgan fingerprint density at radius 2 is 0.845 bits per heavy atom. The van der Waals surface area contributed by atoms with Crippen LogP contribution in [0.2, 0.25) is 0 Å². The summed E-state index contributed by atoms with van der Waals surface area (Å²) in [5, 5.41) is 7.48. The van der Waals surface area contributed by atoms with Crippen molar-refractivity contribution in [3.63, 3.8) is 0 Å². The highest BCUT2D eigenvalue weighted by Crippen LogP contribution is 2.42. The largest absolute Gasteiger partial charge is 0.310 e. The maximum atomic E-state index is 2.40. The fourth-order valence-electron chi connectivity index (χ4n) is 8.84. The molecule has 0 saturated heterocycles. The van der Waals surface area contributed by atoms with E-state index in [-0.39, 0.29) is 0 Å². The van der Waals surface area contributed by atoms with Gasteiger partial charge in [0.2, 0.25) is 0 Å². The highest BCUT2D eigenvalue weighted by Gasteiger charge is 2.18. The van der Waals surface area contributed by atoms with E-state index in [1.807, 2.05) is 0 Å². The van der Waals surface area contributed by atoms with Crippen molar-refractivity contribution >= 4 is 60.4 Å². The molecule has 0 amide bonds. The number of anilines is 3. The lowest BCUT2D eigenvalue weighted by Crippen LogP contribution is -2.10. The number of hydrogen-bond acceptors (Lipinski definition) is 1. The van der Waals surface area contributed by atoms with Crippen LogP contribution in [-0.4, -0.2) is 4.57 Å². The molecule has 0 N–H and O–H groups in total. The van der Waals surface area contributed by atoms with Crippen LogP contribution in [0.15, 0.2) is 231 Å². The molecule has 11 aromatic rings. The summed E-state index contributed by atoms with van der Waals surface area (Å²) in [6, 6.07) is 83.7. The lowest BCUT2D eigenvalue weighted by atomic mass is 9.91. The number of nitrogens with zero attached hydrogens (tertiary/aromatic N) is 2. The second-order valence-corrected chi connectivity index (χ2v) is 15.0. The summed E-state index contributed by atoms with van der Waals surface area (Å²) >= 11 is 0. The summed E-state index contributed by atoms with van der Waals surface area (Å²) in [6.07, 6.45) is 0. The van der Waals surface area contributed by atoms with Crippen molar-refractivity contribution < 1.29 is 0 Å². The van der Waals surface area contributed by atoms with Gasteiger partial charge >= 0.3 is 0 Å². The first-order valence-electron chi connectivity index (χ1n) is 19.9. The molecule has 58 heavy (non-hydrogen) atoms. The SMILES string of the molecule is c1ccc(-c2cccc3cccc(-c4cccc(N(c5ccc(-c6ccc7ccccc7c6)cc5)c5cccc(-n6c7ccccc7c7ccccc76)c5)c4)c23)cc1. The van der Waals surface area contributed by atoms with Crippen LogP contribution in [0.25, 0.3) is 82.4 Å². The molecule has 0 aliphatic rings. The van der Waals surface area contributed by atoms with E-state index in [1.165, 1.54) is 76.7 Å². The van der Waals surface area contributed by atoms with Gasteiger partial charge in [-0.05, 0) is 116 Å². The smallest absolute Gasteiger partial charge is 0.0541 e. The summed E-state index contributed by atoms with van der Waals surface area (Å²) in [5.41, 5.74) is 14.0. The quantitative estimate of drug-likeness (QED) is 0.158. The van der Waals surface area contributed by atoms with Gasteiger partial charge < -0.3 is 9.47 Å². The van der Waals surface area contributed by atoms with Crippen LogP contribution in [0.1, 0.15) is 0 Å². The molecule has 2 nitrogen and oxygen atoms in total. The van der Waals surface area contributed by atoms with Gasteiger partial charge in [0.1, 0.15) is 0 Å². The van der Waals surface area contributed by atoms with Gasteiger partial charge in [-0.2, -0.15) is 0 Å². The molecule has 1 heterocycles. The number of benzene rings is 10. The van der Waals surface area contributed by atoms with Crippen molar-refractivity contribution in [3.8, 4) is 39.1 Å². The zero-order chi connectivity index (χ0) is 38.4. The Kier molecular flexibility index (Phi) is 8.19. The molecule has 0 saturated carbocycles. The highest BCUT2D eigenvalue weighted by atomic mass is 15.1. The van der Waals surface area contributed by atoms with Crippen LogP contribution >= 0.6 is 0 Å². The third-order valence-electron chi connectivity index (χ3n) is 11.5. The predicted octanol–water partition coefficient (Wildman–Crippen LogP) is 15.6. The minimum Gasteiger partial charge on any atom is -0.310 e. The Labute approximate surface area is 338 Å². The molecule has 0 radical (unpaired) electrons. The first kappa shape index (κ1) is 33.6. The molecule has 0 spiro atoms. The number of para-hydroxylation sites is 2. The third kappa shape index (κ3) is 5.82. The van der Waals surface area contributed by atoms with E-state index in [0.29, 0.717) is 0 Å². The summed E-state index contributed by atoms with van der Waals surface area (Å²) in [6.45, 7) is 0. The van der Waals surface area contributed by atoms with Crippen molar-refractivity contribution in [2.75, 3.05) is 4.90 Å². The Balaban J connectivity index is 1.08. The second-order valence-electron chi connectivity index (χ2n) is 15.0. The van der Waals surface area contributed by atoms with E-state index in [4.69, 9.17) is 0 Å². The van der Waals surface area contributed by atoms with Crippen molar-refractivity contribution in [3.05, 3.63) is 231 Å². The fraction of sp³-hybridized carbons (Fsp3) is 0. The number of hydrogen-bond donors (Lipinski definition) is 0. The molecule has 0 atom stereocenters. The van der Waals surface area contributed by atoms with Crippen LogP contribution < -0.4 is 4.90 Å². The molecule has 0 fully saturated rings. The zero-order valence-corrected chi connectivity index (χ0v) is 31.8. The first-order chi connectivity index (χ1) is 28.8. The monoisotopic (exact) mass is 738 g/mol. The van der Waals surface area contributed by atoms with Gasteiger partial charge in [0, 0.05) is 33.5 Å². The van der Waals surface area contributed by atoms with Gasteiger partial charge in [-0.1, -0.05) is 170 Å². The average molecular weight is 739 g/mol. The standard InChI is InChI=1S/C56H38N2/c1-2-15-41(16-3-1)50-26-11-18-42-19-12-27-51(56(42)50)45-20-10-21-47(37-45)57(46-34-32-40(33-35-46)44-31-30-39-14-4-5-17-43(39)36-44)48-22-13-23-49(38-48)58-54-28-8-6-24-52(54)53-25-7-9-29-55(53)58/h1-38H. The van der Waals surface area contributed by atoms with Crippen LogP contribution in [0.3, 0.4) is 0 Å². The van der Waals surface area contributed by atoms with E-state index < -0.39 is 0 Å². The maximum absolute atomic E-state index is 2.40. The van der Waals surface area contributed by atoms with E-state index in [1.54, 1.807) is 0 Å². The zero-order valence-electron chi connectivity index (χ0n) is 31.8. The summed E-state index contributed by atoms with van der Waals surface area (Å²) in [5.74, 6) is 0. The Hall–Kier alpha value is -7.68. The van der Waals surface area contributed by atoms with Gasteiger partial charge in [-0.25, -0.2) is 0 Å². The molecule has 10 aromatic carbocycles. The van der Waals surface area contributed by atoms with Crippen molar-refractivity contribution in [1.82, 2.24) is 4.57 Å². The number of rotatable bonds is 7. The number of aromatic nitrogens is 1. The molecule has 0 unspecified atom stereocenters. The van der Waals surface area contributed by atoms with Crippen molar-refractivity contribution in [2.24, 2.45) is 0 Å². The first-order valence-corrected chi connectivity index (χ1v) is 19.9. The molecular formula is C56H38N2. The molecule has 272 valence electrons. The van der Waals surface area contributed by atoms with Gasteiger partial charge in [0.15, 0.2) is 0 Å². The third-order valence-corrected chi connectivity index (χ3v) is 11.5. The second kappa shape index (κ2) is 14.1. The van der Waals surface area contributed by atoms with Crippen LogP contribution in [0.5, 0.6) is 0 Å². The minimum absolute atomic E-state index is 1.08. The van der Waals surface area contributed by atoms with Gasteiger partial charge in [0.25, 0.3) is 0 Å². The molecule has 0 aliphatic heterocycles. The number of fused-ring (bicyclic) bond motifs is 5. The highest BCUT2D eigenvalue weighted by molar-refractivity contribution is 6.09. The van der Waals surface area contributed by atoms with Gasteiger partial charge in [-0.3, -0.25) is 0 Å². The van der Waals surface area contributed by atoms with E-state index in [0.717, 1.165) is 22.7 Å². The normalized spacial score (nSPS) is 11.4. The Morgan fingerprint density at radius 1 is 0.293 bits per heavy atom. The Bertz CT molecular complexity index is 3220. The maximum Gasteiger partial charge on any atom is 0.0541 e. The van der Waals surface area contributed by atoms with E-state index in [9.17, 15) is 0 Å².